The van der Waals surface area contributed by atoms with Crippen molar-refractivity contribution in [2.45, 2.75) is 13.0 Å². The number of rotatable bonds is 5. The molecule has 6 rings (SSSR count). The van der Waals surface area contributed by atoms with E-state index in [-0.39, 0.29) is 5.57 Å². The van der Waals surface area contributed by atoms with Crippen molar-refractivity contribution in [1.82, 2.24) is 9.97 Å². The number of thiazole rings is 1. The summed E-state index contributed by atoms with van der Waals surface area (Å²) in [6, 6.07) is 25.7. The van der Waals surface area contributed by atoms with E-state index in [0.29, 0.717) is 26.8 Å². The average molecular weight is 504 g/mol. The highest BCUT2D eigenvalue weighted by Crippen LogP contribution is 2.44. The minimum absolute atomic E-state index is 0.0375. The Kier molecular flexibility index (Phi) is 5.62. The molecule has 0 saturated carbocycles. The van der Waals surface area contributed by atoms with Gasteiger partial charge in [0.15, 0.2) is 5.76 Å². The monoisotopic (exact) mass is 503 g/mol. The van der Waals surface area contributed by atoms with E-state index in [9.17, 15) is 14.7 Å². The van der Waals surface area contributed by atoms with Crippen LogP contribution < -0.4 is 4.90 Å². The molecule has 0 radical (unpaired) electrons. The predicted molar refractivity (Wildman–Crippen MR) is 145 cm³/mol. The van der Waals surface area contributed by atoms with Crippen molar-refractivity contribution >= 4 is 39.5 Å². The van der Waals surface area contributed by atoms with Gasteiger partial charge in [0, 0.05) is 23.3 Å². The molecule has 1 aliphatic heterocycles. The van der Waals surface area contributed by atoms with Gasteiger partial charge in [-0.15, -0.1) is 11.3 Å². The lowest BCUT2D eigenvalue weighted by molar-refractivity contribution is -0.117. The minimum Gasteiger partial charge on any atom is -0.503 e. The van der Waals surface area contributed by atoms with E-state index in [2.05, 4.69) is 9.97 Å². The van der Waals surface area contributed by atoms with Gasteiger partial charge in [-0.1, -0.05) is 66.7 Å². The average Bonchev–Trinajstić information content (AvgIpc) is 3.46. The molecule has 0 bridgehead atoms. The number of carbonyl (C=O) groups is 2. The number of carbonyl (C=O) groups excluding carboxylic acids is 2. The fraction of sp³-hybridized carbons (Fsp3) is 0.0667. The summed E-state index contributed by atoms with van der Waals surface area (Å²) in [5.41, 5.74) is 2.78. The third kappa shape index (κ3) is 3.80. The quantitative estimate of drug-likeness (QED) is 0.279. The number of anilines is 1. The number of Topliss-reactive ketones (excluding diaryl/α,β-unsaturated/α-hetero) is 1. The molecule has 2 aromatic heterocycles. The lowest BCUT2D eigenvalue weighted by Gasteiger charge is -2.28. The van der Waals surface area contributed by atoms with E-state index in [1.54, 1.807) is 31.5 Å². The highest BCUT2D eigenvalue weighted by atomic mass is 32.1. The van der Waals surface area contributed by atoms with Gasteiger partial charge in [-0.3, -0.25) is 19.5 Å². The lowest BCUT2D eigenvalue weighted by Crippen LogP contribution is -2.31. The van der Waals surface area contributed by atoms with Crippen molar-refractivity contribution < 1.29 is 14.7 Å². The Labute approximate surface area is 217 Å². The zero-order chi connectivity index (χ0) is 25.5. The third-order valence-corrected chi connectivity index (χ3v) is 7.73. The van der Waals surface area contributed by atoms with Crippen molar-refractivity contribution in [1.29, 1.82) is 0 Å². The summed E-state index contributed by atoms with van der Waals surface area (Å²) < 4.78 is 0. The van der Waals surface area contributed by atoms with Gasteiger partial charge in [-0.05, 0) is 36.1 Å². The van der Waals surface area contributed by atoms with Crippen LogP contribution in [-0.4, -0.2) is 26.8 Å². The fourth-order valence-corrected chi connectivity index (χ4v) is 5.82. The van der Waals surface area contributed by atoms with Crippen molar-refractivity contribution in [3.63, 3.8) is 0 Å². The number of aliphatic hydroxyl groups is 1. The largest absolute Gasteiger partial charge is 0.503 e. The molecule has 1 amide bonds. The molecule has 1 atom stereocenters. The van der Waals surface area contributed by atoms with Gasteiger partial charge in [-0.2, -0.15) is 0 Å². The molecule has 6 nitrogen and oxygen atoms in total. The number of benzene rings is 3. The molecular formula is C30H21N3O3S. The zero-order valence-corrected chi connectivity index (χ0v) is 20.6. The zero-order valence-electron chi connectivity index (χ0n) is 19.8. The number of aryl methyl sites for hydroxylation is 1. The summed E-state index contributed by atoms with van der Waals surface area (Å²) in [6.07, 6.45) is 3.23. The lowest BCUT2D eigenvalue weighted by atomic mass is 9.95. The minimum atomic E-state index is -0.824. The maximum atomic E-state index is 14.1. The molecule has 1 aliphatic rings. The first kappa shape index (κ1) is 22.8. The molecular weight excluding hydrogens is 482 g/mol. The number of aliphatic hydroxyl groups excluding tert-OH is 1. The Morgan fingerprint density at radius 1 is 0.919 bits per heavy atom. The van der Waals surface area contributed by atoms with E-state index < -0.39 is 23.5 Å². The summed E-state index contributed by atoms with van der Waals surface area (Å²) in [5, 5.41) is 13.7. The van der Waals surface area contributed by atoms with Gasteiger partial charge < -0.3 is 5.11 Å². The molecule has 0 aliphatic carbocycles. The predicted octanol–water partition coefficient (Wildman–Crippen LogP) is 6.45. The molecule has 0 spiro atoms. The molecule has 0 fully saturated rings. The van der Waals surface area contributed by atoms with Crippen LogP contribution in [0.4, 0.5) is 5.69 Å². The number of pyridine rings is 1. The first-order chi connectivity index (χ1) is 18.0. The Balaban J connectivity index is 1.51. The Morgan fingerprint density at radius 3 is 2.41 bits per heavy atom. The van der Waals surface area contributed by atoms with Crippen LogP contribution in [0.2, 0.25) is 0 Å². The van der Waals surface area contributed by atoms with Gasteiger partial charge >= 0.3 is 0 Å². The SMILES string of the molecule is Cc1nc(-c2ccccc2)sc1C(=O)C1=C(O)C(=O)N(c2cccc3ccccc23)C1c1ccncc1. The second kappa shape index (κ2) is 9.11. The van der Waals surface area contributed by atoms with Gasteiger partial charge in [0.2, 0.25) is 5.78 Å². The molecule has 37 heavy (non-hydrogen) atoms. The number of ketones is 1. The normalized spacial score (nSPS) is 15.5. The maximum absolute atomic E-state index is 14.1. The molecule has 3 aromatic carbocycles. The van der Waals surface area contributed by atoms with Crippen molar-refractivity contribution in [3.05, 3.63) is 125 Å². The van der Waals surface area contributed by atoms with E-state index >= 15 is 0 Å². The van der Waals surface area contributed by atoms with Crippen LogP contribution in [0.1, 0.15) is 27.0 Å². The first-order valence-electron chi connectivity index (χ1n) is 11.8. The van der Waals surface area contributed by atoms with Crippen molar-refractivity contribution in [2.75, 3.05) is 4.90 Å². The first-order valence-corrected chi connectivity index (χ1v) is 12.6. The standard InChI is InChI=1S/C30H21N3O3S/c1-18-28(37-29(32-18)21-9-3-2-4-10-21)26(34)24-25(20-14-16-31-17-15-20)33(30(36)27(24)35)23-13-7-11-19-8-5-6-12-22(19)23/h2-17,25,35H,1H3. The van der Waals surface area contributed by atoms with Gasteiger partial charge in [0.1, 0.15) is 5.01 Å². The van der Waals surface area contributed by atoms with Gasteiger partial charge in [-0.25, -0.2) is 4.98 Å². The van der Waals surface area contributed by atoms with E-state index in [1.807, 2.05) is 72.8 Å². The van der Waals surface area contributed by atoms with Gasteiger partial charge in [0.05, 0.1) is 27.9 Å². The Bertz CT molecular complexity index is 1690. The van der Waals surface area contributed by atoms with Crippen LogP contribution in [0.5, 0.6) is 0 Å². The Morgan fingerprint density at radius 2 is 1.62 bits per heavy atom. The van der Waals surface area contributed by atoms with Crippen LogP contribution in [0.3, 0.4) is 0 Å². The molecule has 1 unspecified atom stereocenters. The van der Waals surface area contributed by atoms with Crippen molar-refractivity contribution in [2.24, 2.45) is 0 Å². The second-order valence-corrected chi connectivity index (χ2v) is 9.75. The summed E-state index contributed by atoms with van der Waals surface area (Å²) in [6.45, 7) is 1.77. The summed E-state index contributed by atoms with van der Waals surface area (Å²) in [7, 11) is 0. The molecule has 5 aromatic rings. The van der Waals surface area contributed by atoms with E-state index in [1.165, 1.54) is 16.2 Å². The third-order valence-electron chi connectivity index (χ3n) is 6.52. The topological polar surface area (TPSA) is 83.4 Å². The number of aromatic nitrogens is 2. The number of hydrogen-bond donors (Lipinski definition) is 1. The van der Waals surface area contributed by atoms with E-state index in [4.69, 9.17) is 0 Å². The molecule has 180 valence electrons. The molecule has 3 heterocycles. The number of hydrogen-bond acceptors (Lipinski definition) is 6. The van der Waals surface area contributed by atoms with Crippen LogP contribution in [0.15, 0.2) is 109 Å². The molecule has 0 saturated heterocycles. The van der Waals surface area contributed by atoms with Crippen LogP contribution in [0.25, 0.3) is 21.3 Å². The number of nitrogens with zero attached hydrogens (tertiary/aromatic N) is 3. The smallest absolute Gasteiger partial charge is 0.294 e. The summed E-state index contributed by atoms with van der Waals surface area (Å²) in [4.78, 5) is 38.3. The van der Waals surface area contributed by atoms with Crippen LogP contribution in [-0.2, 0) is 4.79 Å². The fourth-order valence-electron chi connectivity index (χ4n) is 4.80. The second-order valence-electron chi connectivity index (χ2n) is 8.75. The van der Waals surface area contributed by atoms with Gasteiger partial charge in [0.25, 0.3) is 5.91 Å². The highest BCUT2D eigenvalue weighted by molar-refractivity contribution is 7.17. The maximum Gasteiger partial charge on any atom is 0.294 e. The highest BCUT2D eigenvalue weighted by Gasteiger charge is 2.45. The Hall–Kier alpha value is -4.62. The number of fused-ring (bicyclic) bond motifs is 1. The van der Waals surface area contributed by atoms with Crippen LogP contribution in [0, 0.1) is 6.92 Å². The molecule has 7 heteroatoms. The van der Waals surface area contributed by atoms with E-state index in [0.717, 1.165) is 16.3 Å². The summed E-state index contributed by atoms with van der Waals surface area (Å²) in [5.74, 6) is -1.58. The molecule has 1 N–H and O–H groups in total. The van der Waals surface area contributed by atoms with Crippen molar-refractivity contribution in [3.8, 4) is 10.6 Å². The summed E-state index contributed by atoms with van der Waals surface area (Å²) >= 11 is 1.26. The number of amides is 1. The van der Waals surface area contributed by atoms with Crippen LogP contribution >= 0.6 is 11.3 Å².